The minimum absolute atomic E-state index is 0.225. The maximum absolute atomic E-state index is 12.3. The average Bonchev–Trinajstić information content (AvgIpc) is 2.19. The highest BCUT2D eigenvalue weighted by Gasteiger charge is 2.38. The van der Waals surface area contributed by atoms with Gasteiger partial charge in [0.15, 0.2) is 5.40 Å². The monoisotopic (exact) mass is 270 g/mol. The van der Waals surface area contributed by atoms with Gasteiger partial charge in [0, 0.05) is 0 Å². The summed E-state index contributed by atoms with van der Waals surface area (Å²) in [5.41, 5.74) is 0. The molecular weight excluding hydrogens is 250 g/mol. The van der Waals surface area contributed by atoms with E-state index in [1.54, 1.807) is 20.8 Å². The van der Waals surface area contributed by atoms with Gasteiger partial charge in [-0.15, -0.1) is 6.58 Å². The van der Waals surface area contributed by atoms with Crippen molar-refractivity contribution in [1.29, 1.82) is 0 Å². The molecule has 0 rings (SSSR count). The Kier molecular flexibility index (Phi) is 8.25. The Morgan fingerprint density at radius 3 is 2.06 bits per heavy atom. The third kappa shape index (κ3) is 4.52. The molecule has 0 fully saturated rings. The van der Waals surface area contributed by atoms with Crippen LogP contribution in [-0.2, 0) is 22.7 Å². The first kappa shape index (κ1) is 16.1. The number of allylic oxidation sites excluding steroid dienone is 1. The molecule has 2 unspecified atom stereocenters. The van der Waals surface area contributed by atoms with Gasteiger partial charge in [0.05, 0.1) is 19.8 Å². The summed E-state index contributed by atoms with van der Waals surface area (Å²) in [6.07, 6.45) is 1.32. The lowest BCUT2D eigenvalue weighted by Crippen LogP contribution is -2.08. The molecule has 0 N–H and O–H groups in total. The third-order valence-corrected chi connectivity index (χ3v) is 6.71. The number of rotatable bonds is 9. The molecule has 0 aromatic carbocycles. The van der Waals surface area contributed by atoms with Crippen molar-refractivity contribution < 1.29 is 22.7 Å². The summed E-state index contributed by atoms with van der Waals surface area (Å²) in [5, 5.41) is -0.877. The summed E-state index contributed by atoms with van der Waals surface area (Å²) >= 11 is 0. The van der Waals surface area contributed by atoms with Crippen molar-refractivity contribution in [2.45, 2.75) is 26.2 Å². The van der Waals surface area contributed by atoms with Crippen molar-refractivity contribution in [3.63, 3.8) is 0 Å². The molecule has 0 radical (unpaired) electrons. The van der Waals surface area contributed by atoms with Crippen LogP contribution in [0.15, 0.2) is 12.7 Å². The van der Waals surface area contributed by atoms with Crippen LogP contribution in [0.1, 0.15) is 20.8 Å². The molecule has 5 nitrogen and oxygen atoms in total. The Labute approximate surface area is 97.6 Å². The van der Waals surface area contributed by atoms with Gasteiger partial charge in [-0.05, 0) is 20.8 Å². The van der Waals surface area contributed by atoms with Gasteiger partial charge in [0.2, 0.25) is 8.03 Å². The zero-order chi connectivity index (χ0) is 12.6. The van der Waals surface area contributed by atoms with Crippen LogP contribution in [0.3, 0.4) is 0 Å². The molecule has 0 heterocycles. The largest absolute Gasteiger partial charge is 0.346 e. The van der Waals surface area contributed by atoms with Gasteiger partial charge >= 0.3 is 7.60 Å². The Morgan fingerprint density at radius 2 is 1.75 bits per heavy atom. The van der Waals surface area contributed by atoms with Gasteiger partial charge in [0.25, 0.3) is 0 Å². The normalized spacial score (nSPS) is 15.7. The summed E-state index contributed by atoms with van der Waals surface area (Å²) in [6, 6.07) is 0. The van der Waals surface area contributed by atoms with Crippen LogP contribution in [0.5, 0.6) is 0 Å². The van der Waals surface area contributed by atoms with Crippen LogP contribution in [0, 0.1) is 0 Å². The van der Waals surface area contributed by atoms with E-state index in [0.29, 0.717) is 6.61 Å². The fraction of sp³-hybridized carbons (Fsp3) is 0.778. The predicted molar refractivity (Wildman–Crippen MR) is 65.5 cm³/mol. The first-order valence-corrected chi connectivity index (χ1v) is 8.24. The quantitative estimate of drug-likeness (QED) is 0.475. The molecule has 0 bridgehead atoms. The fourth-order valence-electron chi connectivity index (χ4n) is 1.14. The lowest BCUT2D eigenvalue weighted by atomic mass is 10.8. The first-order valence-electron chi connectivity index (χ1n) is 5.23. The molecular formula is C9H20O5P2. The van der Waals surface area contributed by atoms with Crippen molar-refractivity contribution in [2.75, 3.05) is 19.8 Å². The molecule has 2 atom stereocenters. The molecule has 7 heteroatoms. The van der Waals surface area contributed by atoms with Gasteiger partial charge in [-0.25, -0.2) is 0 Å². The minimum Gasteiger partial charge on any atom is -0.330 e. The highest BCUT2D eigenvalue weighted by atomic mass is 31.2. The molecule has 0 aliphatic rings. The maximum atomic E-state index is 12.3. The molecule has 0 aromatic rings. The lowest BCUT2D eigenvalue weighted by Gasteiger charge is -2.23. The fourth-order valence-corrected chi connectivity index (χ4v) is 4.86. The molecule has 0 spiro atoms. The van der Waals surface area contributed by atoms with Crippen molar-refractivity contribution in [3.05, 3.63) is 12.7 Å². The van der Waals surface area contributed by atoms with Crippen molar-refractivity contribution in [2.24, 2.45) is 0 Å². The molecule has 0 saturated heterocycles. The Balaban J connectivity index is 4.90. The predicted octanol–water partition coefficient (Wildman–Crippen LogP) is 3.28. The second-order valence-electron chi connectivity index (χ2n) is 2.81. The average molecular weight is 270 g/mol. The van der Waals surface area contributed by atoms with Gasteiger partial charge in [-0.1, -0.05) is 6.08 Å². The smallest absolute Gasteiger partial charge is 0.330 e. The second kappa shape index (κ2) is 8.21. The standard InChI is InChI=1S/C9H20O5P2/c1-5-9(15(10)12-6-2)16(11,13-7-3)14-8-4/h5,9,15H,1,6-8H2,2-4H3. The zero-order valence-electron chi connectivity index (χ0n) is 9.97. The van der Waals surface area contributed by atoms with E-state index in [4.69, 9.17) is 13.6 Å². The molecule has 0 aromatic heterocycles. The van der Waals surface area contributed by atoms with Gasteiger partial charge in [-0.3, -0.25) is 9.13 Å². The van der Waals surface area contributed by atoms with Gasteiger partial charge < -0.3 is 13.6 Å². The molecule has 0 amide bonds. The SMILES string of the molecule is C=CC([PH](=O)OCC)P(=O)(OCC)OCC. The van der Waals surface area contributed by atoms with E-state index in [2.05, 4.69) is 6.58 Å². The van der Waals surface area contributed by atoms with Crippen LogP contribution in [0.4, 0.5) is 0 Å². The van der Waals surface area contributed by atoms with Crippen LogP contribution < -0.4 is 0 Å². The highest BCUT2D eigenvalue weighted by Crippen LogP contribution is 2.61. The molecule has 16 heavy (non-hydrogen) atoms. The van der Waals surface area contributed by atoms with E-state index < -0.39 is 21.0 Å². The van der Waals surface area contributed by atoms with E-state index >= 15 is 0 Å². The zero-order valence-corrected chi connectivity index (χ0v) is 11.9. The molecule has 0 aliphatic heterocycles. The topological polar surface area (TPSA) is 61.8 Å². The molecule has 0 aliphatic carbocycles. The first-order chi connectivity index (χ1) is 7.55. The molecule has 96 valence electrons. The third-order valence-electron chi connectivity index (χ3n) is 1.71. The van der Waals surface area contributed by atoms with Crippen molar-refractivity contribution in [3.8, 4) is 0 Å². The van der Waals surface area contributed by atoms with Crippen LogP contribution in [0.2, 0.25) is 0 Å². The Morgan fingerprint density at radius 1 is 1.25 bits per heavy atom. The van der Waals surface area contributed by atoms with Gasteiger partial charge in [0.1, 0.15) is 0 Å². The van der Waals surface area contributed by atoms with Crippen LogP contribution >= 0.6 is 15.6 Å². The number of hydrogen-bond acceptors (Lipinski definition) is 5. The van der Waals surface area contributed by atoms with E-state index in [0.717, 1.165) is 0 Å². The van der Waals surface area contributed by atoms with Crippen molar-refractivity contribution in [1.82, 2.24) is 0 Å². The summed E-state index contributed by atoms with van der Waals surface area (Å²) in [5.74, 6) is 0. The van der Waals surface area contributed by atoms with Gasteiger partial charge in [-0.2, -0.15) is 0 Å². The van der Waals surface area contributed by atoms with Crippen molar-refractivity contribution >= 4 is 15.6 Å². The van der Waals surface area contributed by atoms with Crippen LogP contribution in [-0.4, -0.2) is 25.2 Å². The lowest BCUT2D eigenvalue weighted by molar-refractivity contribution is 0.218. The van der Waals surface area contributed by atoms with E-state index in [9.17, 15) is 9.13 Å². The summed E-state index contributed by atoms with van der Waals surface area (Å²) in [6.45, 7) is 9.36. The summed E-state index contributed by atoms with van der Waals surface area (Å²) in [7, 11) is -5.94. The Hall–Kier alpha value is 0.0800. The molecule has 0 saturated carbocycles. The summed E-state index contributed by atoms with van der Waals surface area (Å²) < 4.78 is 39.2. The highest BCUT2D eigenvalue weighted by molar-refractivity contribution is 7.67. The number of hydrogen-bond donors (Lipinski definition) is 0. The van der Waals surface area contributed by atoms with E-state index in [-0.39, 0.29) is 13.2 Å². The van der Waals surface area contributed by atoms with E-state index in [1.165, 1.54) is 6.08 Å². The maximum Gasteiger partial charge on any atom is 0.346 e. The minimum atomic E-state index is -3.43. The second-order valence-corrected chi connectivity index (χ2v) is 7.00. The summed E-state index contributed by atoms with van der Waals surface area (Å²) in [4.78, 5) is 0. The van der Waals surface area contributed by atoms with Crippen LogP contribution in [0.25, 0.3) is 0 Å². The Bertz CT molecular complexity index is 269. The van der Waals surface area contributed by atoms with E-state index in [1.807, 2.05) is 0 Å².